The van der Waals surface area contributed by atoms with Crippen LogP contribution in [0.4, 0.5) is 0 Å². The lowest BCUT2D eigenvalue weighted by Gasteiger charge is -2.57. The van der Waals surface area contributed by atoms with Gasteiger partial charge in [-0.15, -0.1) is 5.92 Å². The van der Waals surface area contributed by atoms with Crippen LogP contribution in [0.1, 0.15) is 78.1 Å². The number of carbonyl (C=O) groups excluding carboxylic acids is 1. The highest BCUT2D eigenvalue weighted by molar-refractivity contribution is 5.92. The second kappa shape index (κ2) is 6.80. The fraction of sp³-hybridized carbons (Fsp3) is 0.750. The van der Waals surface area contributed by atoms with Crippen molar-refractivity contribution in [2.75, 3.05) is 0 Å². The SMILES string of the molecule is CC#C[C@]12CCC(=O)C=C1CC[C@H]1[C@@H]3CC[C@@H](CCC(=O)O)[C@@]3(C)CC[C@@H]12. The van der Waals surface area contributed by atoms with Crippen LogP contribution in [0.5, 0.6) is 0 Å². The van der Waals surface area contributed by atoms with E-state index in [-0.39, 0.29) is 11.2 Å². The van der Waals surface area contributed by atoms with Crippen molar-refractivity contribution in [2.24, 2.45) is 34.5 Å². The van der Waals surface area contributed by atoms with Crippen molar-refractivity contribution in [2.45, 2.75) is 78.1 Å². The number of aliphatic carboxylic acids is 1. The molecule has 4 rings (SSSR count). The highest BCUT2D eigenvalue weighted by Crippen LogP contribution is 2.67. The van der Waals surface area contributed by atoms with Crippen LogP contribution in [0.15, 0.2) is 11.6 Å². The molecule has 4 aliphatic rings. The van der Waals surface area contributed by atoms with Gasteiger partial charge in [-0.3, -0.25) is 9.59 Å². The van der Waals surface area contributed by atoms with Crippen molar-refractivity contribution in [3.05, 3.63) is 11.6 Å². The molecule has 0 aliphatic heterocycles. The molecule has 0 bridgehead atoms. The average molecular weight is 369 g/mol. The Bertz CT molecular complexity index is 738. The summed E-state index contributed by atoms with van der Waals surface area (Å²) in [6.45, 7) is 4.39. The first-order chi connectivity index (χ1) is 12.9. The third kappa shape index (κ3) is 2.87. The van der Waals surface area contributed by atoms with Gasteiger partial charge in [-0.1, -0.05) is 12.8 Å². The molecule has 0 aromatic heterocycles. The van der Waals surface area contributed by atoms with E-state index in [1.165, 1.54) is 37.7 Å². The Labute approximate surface area is 163 Å². The van der Waals surface area contributed by atoms with Gasteiger partial charge in [0.15, 0.2) is 5.78 Å². The number of carboxylic acids is 1. The summed E-state index contributed by atoms with van der Waals surface area (Å²) in [6, 6.07) is 0. The standard InChI is InChI=1S/C24H32O3/c1-3-12-24-14-10-18(25)15-17(24)4-7-19-20-8-5-16(6-9-22(26)27)23(20,2)13-11-21(19)24/h15-16,19-21H,4-11,13-14H2,1-2H3,(H,26,27)/t16-,19-,20-,21-,23+,24-/m0/s1. The third-order valence-corrected chi connectivity index (χ3v) is 8.74. The summed E-state index contributed by atoms with van der Waals surface area (Å²) in [5, 5.41) is 9.14. The largest absolute Gasteiger partial charge is 0.481 e. The molecule has 1 N–H and O–H groups in total. The van der Waals surface area contributed by atoms with Gasteiger partial charge in [0.1, 0.15) is 0 Å². The zero-order chi connectivity index (χ0) is 19.2. The molecule has 0 heterocycles. The lowest BCUT2D eigenvalue weighted by Crippen LogP contribution is -2.51. The van der Waals surface area contributed by atoms with Gasteiger partial charge in [-0.25, -0.2) is 0 Å². The van der Waals surface area contributed by atoms with E-state index in [4.69, 9.17) is 5.11 Å². The predicted molar refractivity (Wildman–Crippen MR) is 105 cm³/mol. The summed E-state index contributed by atoms with van der Waals surface area (Å²) in [7, 11) is 0. The molecule has 3 saturated carbocycles. The molecule has 0 radical (unpaired) electrons. The Morgan fingerprint density at radius 1 is 1.19 bits per heavy atom. The molecule has 27 heavy (non-hydrogen) atoms. The van der Waals surface area contributed by atoms with E-state index in [0.717, 1.165) is 19.3 Å². The summed E-state index contributed by atoms with van der Waals surface area (Å²) in [5.41, 5.74) is 1.55. The minimum atomic E-state index is -0.660. The number of carbonyl (C=O) groups is 2. The molecular weight excluding hydrogens is 336 g/mol. The van der Waals surface area contributed by atoms with Gasteiger partial charge in [0.25, 0.3) is 0 Å². The first-order valence-corrected chi connectivity index (χ1v) is 10.8. The fourth-order valence-electron chi connectivity index (χ4n) is 7.56. The quantitative estimate of drug-likeness (QED) is 0.713. The summed E-state index contributed by atoms with van der Waals surface area (Å²) in [6.07, 6.45) is 11.6. The van der Waals surface area contributed by atoms with Crippen molar-refractivity contribution >= 4 is 11.8 Å². The molecule has 146 valence electrons. The third-order valence-electron chi connectivity index (χ3n) is 8.74. The number of carboxylic acid groups (broad SMARTS) is 1. The smallest absolute Gasteiger partial charge is 0.303 e. The van der Waals surface area contributed by atoms with Crippen LogP contribution in [0.3, 0.4) is 0 Å². The van der Waals surface area contributed by atoms with E-state index in [1.807, 2.05) is 13.0 Å². The maximum absolute atomic E-state index is 12.1. The summed E-state index contributed by atoms with van der Waals surface area (Å²) >= 11 is 0. The van der Waals surface area contributed by atoms with Crippen molar-refractivity contribution in [3.8, 4) is 11.8 Å². The maximum Gasteiger partial charge on any atom is 0.303 e. The Kier molecular flexibility index (Phi) is 4.73. The van der Waals surface area contributed by atoms with Crippen molar-refractivity contribution < 1.29 is 14.7 Å². The van der Waals surface area contributed by atoms with Gasteiger partial charge in [-0.05, 0) is 99.0 Å². The molecule has 0 amide bonds. The van der Waals surface area contributed by atoms with Crippen molar-refractivity contribution in [3.63, 3.8) is 0 Å². The van der Waals surface area contributed by atoms with E-state index in [9.17, 15) is 9.59 Å². The maximum atomic E-state index is 12.1. The lowest BCUT2D eigenvalue weighted by atomic mass is 9.46. The van der Waals surface area contributed by atoms with Crippen LogP contribution in [0.2, 0.25) is 0 Å². The molecule has 3 heteroatoms. The van der Waals surface area contributed by atoms with Gasteiger partial charge >= 0.3 is 5.97 Å². The number of allylic oxidation sites excluding steroid dienone is 1. The van der Waals surface area contributed by atoms with E-state index < -0.39 is 5.97 Å². The van der Waals surface area contributed by atoms with Crippen LogP contribution >= 0.6 is 0 Å². The Hall–Kier alpha value is -1.56. The van der Waals surface area contributed by atoms with Gasteiger partial charge in [0.2, 0.25) is 0 Å². The second-order valence-corrected chi connectivity index (χ2v) is 9.65. The Morgan fingerprint density at radius 2 is 2.00 bits per heavy atom. The van der Waals surface area contributed by atoms with Crippen LogP contribution < -0.4 is 0 Å². The molecular formula is C24H32O3. The average Bonchev–Trinajstić information content (AvgIpc) is 2.97. The molecule has 0 saturated heterocycles. The first kappa shape index (κ1) is 18.8. The number of fused-ring (bicyclic) bond motifs is 5. The van der Waals surface area contributed by atoms with Gasteiger partial charge < -0.3 is 5.11 Å². The molecule has 3 nitrogen and oxygen atoms in total. The Morgan fingerprint density at radius 3 is 2.74 bits per heavy atom. The second-order valence-electron chi connectivity index (χ2n) is 9.65. The monoisotopic (exact) mass is 368 g/mol. The van der Waals surface area contributed by atoms with Crippen LogP contribution in [-0.2, 0) is 9.59 Å². The fourth-order valence-corrected chi connectivity index (χ4v) is 7.56. The van der Waals surface area contributed by atoms with Crippen LogP contribution in [0, 0.1) is 46.3 Å². The lowest BCUT2D eigenvalue weighted by molar-refractivity contribution is -0.137. The Balaban J connectivity index is 1.63. The summed E-state index contributed by atoms with van der Waals surface area (Å²) in [4.78, 5) is 23.2. The molecule has 0 spiro atoms. The molecule has 0 aromatic carbocycles. The molecule has 3 fully saturated rings. The van der Waals surface area contributed by atoms with E-state index in [1.54, 1.807) is 0 Å². The van der Waals surface area contributed by atoms with Crippen molar-refractivity contribution in [1.82, 2.24) is 0 Å². The molecule has 0 aromatic rings. The summed E-state index contributed by atoms with van der Waals surface area (Å²) in [5.74, 6) is 8.97. The number of rotatable bonds is 3. The zero-order valence-electron chi connectivity index (χ0n) is 16.7. The molecule has 0 unspecified atom stereocenters. The van der Waals surface area contributed by atoms with E-state index >= 15 is 0 Å². The minimum Gasteiger partial charge on any atom is -0.481 e. The predicted octanol–water partition coefficient (Wildman–Crippen LogP) is 5.00. The number of hydrogen-bond donors (Lipinski definition) is 1. The highest BCUT2D eigenvalue weighted by atomic mass is 16.4. The van der Waals surface area contributed by atoms with E-state index in [2.05, 4.69) is 18.8 Å². The minimum absolute atomic E-state index is 0.0634. The first-order valence-electron chi connectivity index (χ1n) is 10.8. The van der Waals surface area contributed by atoms with Gasteiger partial charge in [-0.2, -0.15) is 0 Å². The van der Waals surface area contributed by atoms with Crippen molar-refractivity contribution in [1.29, 1.82) is 0 Å². The number of ketones is 1. The van der Waals surface area contributed by atoms with Crippen LogP contribution in [-0.4, -0.2) is 16.9 Å². The van der Waals surface area contributed by atoms with E-state index in [0.29, 0.717) is 41.9 Å². The normalized spacial score (nSPS) is 42.9. The zero-order valence-corrected chi connectivity index (χ0v) is 16.7. The highest BCUT2D eigenvalue weighted by Gasteiger charge is 2.59. The van der Waals surface area contributed by atoms with Crippen LogP contribution in [0.25, 0.3) is 0 Å². The molecule has 6 atom stereocenters. The van der Waals surface area contributed by atoms with Gasteiger partial charge in [0, 0.05) is 12.8 Å². The number of hydrogen-bond acceptors (Lipinski definition) is 2. The van der Waals surface area contributed by atoms with Gasteiger partial charge in [0.05, 0.1) is 5.41 Å². The summed E-state index contributed by atoms with van der Waals surface area (Å²) < 4.78 is 0. The topological polar surface area (TPSA) is 54.4 Å². The molecule has 4 aliphatic carbocycles.